The van der Waals surface area contributed by atoms with E-state index in [4.69, 9.17) is 0 Å². The second-order valence-electron chi connectivity index (χ2n) is 4.08. The van der Waals surface area contributed by atoms with E-state index in [2.05, 4.69) is 30.3 Å². The van der Waals surface area contributed by atoms with Gasteiger partial charge in [-0.05, 0) is 0 Å². The van der Waals surface area contributed by atoms with Crippen LogP contribution in [0.25, 0.3) is 0 Å². The number of rotatable bonds is 2. The average Bonchev–Trinajstić information content (AvgIpc) is 1.97. The van der Waals surface area contributed by atoms with E-state index in [-0.39, 0.29) is 0 Å². The molecular weight excluding hydrogens is 211 g/mol. The molecule has 0 radical (unpaired) electrons. The van der Waals surface area contributed by atoms with Crippen molar-refractivity contribution in [3.63, 3.8) is 0 Å². The zero-order chi connectivity index (χ0) is 8.02. The van der Waals surface area contributed by atoms with Crippen molar-refractivity contribution in [1.82, 2.24) is 0 Å². The number of hydrogen-bond donors (Lipinski definition) is 0. The molecule has 0 saturated heterocycles. The summed E-state index contributed by atoms with van der Waals surface area (Å²) in [7, 11) is 0. The second kappa shape index (κ2) is 2.37. The van der Waals surface area contributed by atoms with Gasteiger partial charge in [0.15, 0.2) is 0 Å². The van der Waals surface area contributed by atoms with Crippen LogP contribution in [0.4, 0.5) is 0 Å². The van der Waals surface area contributed by atoms with Crippen LogP contribution in [-0.4, -0.2) is 15.0 Å². The summed E-state index contributed by atoms with van der Waals surface area (Å²) in [5, 5.41) is 0. The molecule has 1 aromatic rings. The van der Waals surface area contributed by atoms with Gasteiger partial charge in [0.2, 0.25) is 0 Å². The van der Waals surface area contributed by atoms with E-state index in [9.17, 15) is 0 Å². The molecule has 3 aliphatic rings. The summed E-state index contributed by atoms with van der Waals surface area (Å²) in [5.41, 5.74) is 0. The van der Waals surface area contributed by atoms with E-state index in [0.29, 0.717) is 0 Å². The van der Waals surface area contributed by atoms with Crippen LogP contribution in [0.2, 0.25) is 4.31 Å². The van der Waals surface area contributed by atoms with Crippen LogP contribution in [0, 0.1) is 5.92 Å². The fraction of sp³-hybridized carbons (Fsp3) is 0.455. The molecule has 0 heterocycles. The van der Waals surface area contributed by atoms with E-state index in [1.807, 2.05) is 0 Å². The number of hydrogen-bond acceptors (Lipinski definition) is 0. The first-order valence-electron chi connectivity index (χ1n) is 4.60. The summed E-state index contributed by atoms with van der Waals surface area (Å²) < 4.78 is 2.43. The summed E-state index contributed by atoms with van der Waals surface area (Å²) in [6.07, 6.45) is 4.63. The topological polar surface area (TPSA) is 0 Å². The van der Waals surface area contributed by atoms with E-state index in [0.717, 1.165) is 25.2 Å². The standard InChI is InChI=1S/C11H12Se/c1-2-4-10(5-3-1)12-11-6-9(7-11)8-11/h1-5,9H,6-8H2. The van der Waals surface area contributed by atoms with Crippen molar-refractivity contribution < 1.29 is 0 Å². The normalized spacial score (nSPS) is 36.8. The van der Waals surface area contributed by atoms with Gasteiger partial charge in [-0.15, -0.1) is 0 Å². The van der Waals surface area contributed by atoms with Crippen LogP contribution in [-0.2, 0) is 0 Å². The minimum atomic E-state index is 0.767. The Labute approximate surface area is 79.5 Å². The van der Waals surface area contributed by atoms with E-state index >= 15 is 0 Å². The molecule has 0 amide bonds. The zero-order valence-corrected chi connectivity index (χ0v) is 8.71. The van der Waals surface area contributed by atoms with Gasteiger partial charge in [-0.25, -0.2) is 0 Å². The first kappa shape index (κ1) is 7.17. The van der Waals surface area contributed by atoms with Gasteiger partial charge >= 0.3 is 79.2 Å². The van der Waals surface area contributed by atoms with Gasteiger partial charge in [0, 0.05) is 0 Å². The fourth-order valence-electron chi connectivity index (χ4n) is 2.26. The number of benzene rings is 1. The maximum absolute atomic E-state index is 2.29. The molecule has 0 N–H and O–H groups in total. The van der Waals surface area contributed by atoms with Gasteiger partial charge in [-0.2, -0.15) is 0 Å². The van der Waals surface area contributed by atoms with Crippen molar-refractivity contribution in [1.29, 1.82) is 0 Å². The molecule has 0 unspecified atom stereocenters. The predicted octanol–water partition coefficient (Wildman–Crippen LogP) is 1.99. The van der Waals surface area contributed by atoms with Crippen molar-refractivity contribution in [3.05, 3.63) is 30.3 Å². The Morgan fingerprint density at radius 1 is 1.08 bits per heavy atom. The molecule has 62 valence electrons. The maximum atomic E-state index is 2.29. The predicted molar refractivity (Wildman–Crippen MR) is 51.9 cm³/mol. The quantitative estimate of drug-likeness (QED) is 0.672. The molecule has 12 heavy (non-hydrogen) atoms. The molecule has 4 rings (SSSR count). The summed E-state index contributed by atoms with van der Waals surface area (Å²) in [4.78, 5) is 0. The third kappa shape index (κ3) is 0.967. The van der Waals surface area contributed by atoms with E-state index in [1.165, 1.54) is 0 Å². The van der Waals surface area contributed by atoms with Crippen molar-refractivity contribution in [2.75, 3.05) is 0 Å². The molecule has 3 aliphatic carbocycles. The summed E-state index contributed by atoms with van der Waals surface area (Å²) in [6.45, 7) is 0. The Kier molecular flexibility index (Phi) is 1.42. The molecule has 0 aliphatic heterocycles. The Morgan fingerprint density at radius 3 is 2.25 bits per heavy atom. The van der Waals surface area contributed by atoms with Gasteiger partial charge in [-0.3, -0.25) is 0 Å². The minimum absolute atomic E-state index is 0.767. The Bertz CT molecular complexity index is 274. The third-order valence-electron chi connectivity index (χ3n) is 3.06. The van der Waals surface area contributed by atoms with Gasteiger partial charge in [0.25, 0.3) is 0 Å². The summed E-state index contributed by atoms with van der Waals surface area (Å²) in [6, 6.07) is 11.0. The van der Waals surface area contributed by atoms with Crippen LogP contribution >= 0.6 is 0 Å². The van der Waals surface area contributed by atoms with Crippen molar-refractivity contribution >= 4 is 19.4 Å². The average molecular weight is 223 g/mol. The molecule has 3 saturated carbocycles. The molecule has 0 nitrogen and oxygen atoms in total. The first-order valence-corrected chi connectivity index (χ1v) is 6.32. The summed E-state index contributed by atoms with van der Waals surface area (Å²) >= 11 is 0.767. The first-order chi connectivity index (χ1) is 5.86. The molecule has 1 heteroatoms. The Hall–Kier alpha value is -0.261. The van der Waals surface area contributed by atoms with Gasteiger partial charge in [-0.1, -0.05) is 0 Å². The van der Waals surface area contributed by atoms with Gasteiger partial charge in [0.1, 0.15) is 0 Å². The molecule has 3 fully saturated rings. The van der Waals surface area contributed by atoms with Crippen LogP contribution in [0.15, 0.2) is 30.3 Å². The van der Waals surface area contributed by atoms with Crippen LogP contribution < -0.4 is 4.46 Å². The van der Waals surface area contributed by atoms with E-state index < -0.39 is 0 Å². The van der Waals surface area contributed by atoms with Crippen LogP contribution in [0.3, 0.4) is 0 Å². The SMILES string of the molecule is c1ccc([Se]C23CC(C2)C3)cc1. The van der Waals surface area contributed by atoms with Crippen LogP contribution in [0.5, 0.6) is 0 Å². The van der Waals surface area contributed by atoms with Gasteiger partial charge in [0.05, 0.1) is 0 Å². The van der Waals surface area contributed by atoms with Crippen molar-refractivity contribution in [2.45, 2.75) is 23.6 Å². The fourth-order valence-corrected chi connectivity index (χ4v) is 5.93. The summed E-state index contributed by atoms with van der Waals surface area (Å²) in [5.74, 6) is 1.13. The van der Waals surface area contributed by atoms with E-state index in [1.54, 1.807) is 23.7 Å². The Balaban J connectivity index is 1.75. The third-order valence-corrected chi connectivity index (χ3v) is 6.08. The second-order valence-corrected chi connectivity index (χ2v) is 7.31. The van der Waals surface area contributed by atoms with Crippen LogP contribution in [0.1, 0.15) is 19.3 Å². The van der Waals surface area contributed by atoms with Crippen molar-refractivity contribution in [3.8, 4) is 0 Å². The molecular formula is C11H12Se. The zero-order valence-electron chi connectivity index (χ0n) is 6.99. The molecule has 0 atom stereocenters. The van der Waals surface area contributed by atoms with Gasteiger partial charge < -0.3 is 0 Å². The molecule has 0 aromatic heterocycles. The molecule has 0 spiro atoms. The monoisotopic (exact) mass is 224 g/mol. The molecule has 1 aromatic carbocycles. The molecule has 2 bridgehead atoms. The Morgan fingerprint density at radius 2 is 1.75 bits per heavy atom. The van der Waals surface area contributed by atoms with Crippen molar-refractivity contribution in [2.24, 2.45) is 5.92 Å².